The van der Waals surface area contributed by atoms with Crippen molar-refractivity contribution in [3.05, 3.63) is 63.4 Å². The van der Waals surface area contributed by atoms with E-state index < -0.39 is 5.82 Å². The van der Waals surface area contributed by atoms with Crippen molar-refractivity contribution in [2.45, 2.75) is 13.8 Å². The maximum atomic E-state index is 13.4. The van der Waals surface area contributed by atoms with Crippen molar-refractivity contribution >= 4 is 27.5 Å². The summed E-state index contributed by atoms with van der Waals surface area (Å²) in [7, 11) is 0. The molecule has 98 valence electrons. The molecule has 1 N–H and O–H groups in total. The number of halogens is 2. The molecule has 0 spiro atoms. The highest BCUT2D eigenvalue weighted by Gasteiger charge is 2.09. The molecule has 0 heterocycles. The van der Waals surface area contributed by atoms with E-state index >= 15 is 0 Å². The highest BCUT2D eigenvalue weighted by atomic mass is 79.9. The summed E-state index contributed by atoms with van der Waals surface area (Å²) in [5, 5.41) is 2.75. The second-order valence-electron chi connectivity index (χ2n) is 4.38. The number of carbonyl (C=O) groups excluding carboxylic acids is 1. The number of amides is 1. The predicted molar refractivity (Wildman–Crippen MR) is 78.0 cm³/mol. The molecule has 2 aromatic rings. The molecule has 2 rings (SSSR count). The van der Waals surface area contributed by atoms with Gasteiger partial charge in [-0.2, -0.15) is 0 Å². The van der Waals surface area contributed by atoms with Crippen LogP contribution in [0.5, 0.6) is 0 Å². The van der Waals surface area contributed by atoms with Gasteiger partial charge in [0.2, 0.25) is 0 Å². The van der Waals surface area contributed by atoms with Crippen LogP contribution in [0.3, 0.4) is 0 Å². The molecule has 0 aliphatic carbocycles. The second-order valence-corrected chi connectivity index (χ2v) is 5.24. The van der Waals surface area contributed by atoms with Gasteiger partial charge in [0, 0.05) is 11.3 Å². The highest BCUT2D eigenvalue weighted by Crippen LogP contribution is 2.18. The zero-order chi connectivity index (χ0) is 14.0. The Labute approximate surface area is 119 Å². The highest BCUT2D eigenvalue weighted by molar-refractivity contribution is 9.10. The van der Waals surface area contributed by atoms with Crippen molar-refractivity contribution in [1.29, 1.82) is 0 Å². The van der Waals surface area contributed by atoms with E-state index in [1.807, 2.05) is 32.0 Å². The average Bonchev–Trinajstić information content (AvgIpc) is 2.37. The molecule has 0 fully saturated rings. The molecule has 0 saturated carbocycles. The van der Waals surface area contributed by atoms with Gasteiger partial charge in [0.05, 0.1) is 4.47 Å². The van der Waals surface area contributed by atoms with Crippen molar-refractivity contribution in [1.82, 2.24) is 0 Å². The topological polar surface area (TPSA) is 29.1 Å². The van der Waals surface area contributed by atoms with Crippen LogP contribution in [0.15, 0.2) is 40.9 Å². The number of carbonyl (C=O) groups is 1. The van der Waals surface area contributed by atoms with Crippen molar-refractivity contribution < 1.29 is 9.18 Å². The van der Waals surface area contributed by atoms with E-state index in [9.17, 15) is 9.18 Å². The van der Waals surface area contributed by atoms with E-state index in [0.717, 1.165) is 11.1 Å². The van der Waals surface area contributed by atoms with Gasteiger partial charge in [-0.1, -0.05) is 6.07 Å². The maximum absolute atomic E-state index is 13.4. The molecule has 0 aromatic heterocycles. The molecule has 0 radical (unpaired) electrons. The summed E-state index contributed by atoms with van der Waals surface area (Å²) in [6, 6.07) is 9.96. The van der Waals surface area contributed by atoms with Gasteiger partial charge in [-0.05, 0) is 71.2 Å². The maximum Gasteiger partial charge on any atom is 0.255 e. The van der Waals surface area contributed by atoms with Gasteiger partial charge in [-0.15, -0.1) is 0 Å². The summed E-state index contributed by atoms with van der Waals surface area (Å²) in [6.45, 7) is 3.98. The SMILES string of the molecule is Cc1ccc(NC(=O)c2ccc(Br)c(F)c2)cc1C. The number of nitrogens with one attached hydrogen (secondary N) is 1. The van der Waals surface area contributed by atoms with Crippen molar-refractivity contribution in [3.63, 3.8) is 0 Å². The lowest BCUT2D eigenvalue weighted by atomic mass is 10.1. The van der Waals surface area contributed by atoms with E-state index in [0.29, 0.717) is 15.7 Å². The Morgan fingerprint density at radius 2 is 1.84 bits per heavy atom. The molecule has 0 atom stereocenters. The molecule has 2 nitrogen and oxygen atoms in total. The zero-order valence-electron chi connectivity index (χ0n) is 10.6. The number of hydrogen-bond donors (Lipinski definition) is 1. The zero-order valence-corrected chi connectivity index (χ0v) is 12.2. The summed E-state index contributed by atoms with van der Waals surface area (Å²) in [4.78, 5) is 12.0. The normalized spacial score (nSPS) is 10.3. The van der Waals surface area contributed by atoms with Crippen LogP contribution in [-0.2, 0) is 0 Å². The lowest BCUT2D eigenvalue weighted by Gasteiger charge is -2.08. The predicted octanol–water partition coefficient (Wildman–Crippen LogP) is 4.46. The van der Waals surface area contributed by atoms with Crippen LogP contribution in [-0.4, -0.2) is 5.91 Å². The van der Waals surface area contributed by atoms with Gasteiger partial charge >= 0.3 is 0 Å². The lowest BCUT2D eigenvalue weighted by Crippen LogP contribution is -2.12. The lowest BCUT2D eigenvalue weighted by molar-refractivity contribution is 0.102. The number of rotatable bonds is 2. The fourth-order valence-corrected chi connectivity index (χ4v) is 1.91. The fraction of sp³-hybridized carbons (Fsp3) is 0.133. The first-order valence-corrected chi connectivity index (χ1v) is 6.60. The van der Waals surface area contributed by atoms with Gasteiger partial charge in [0.15, 0.2) is 0 Å². The molecule has 0 bridgehead atoms. The van der Waals surface area contributed by atoms with Crippen LogP contribution >= 0.6 is 15.9 Å². The molecule has 0 unspecified atom stereocenters. The molecule has 1 amide bonds. The number of aryl methyl sites for hydroxylation is 2. The van der Waals surface area contributed by atoms with Gasteiger partial charge in [-0.3, -0.25) is 4.79 Å². The molecule has 2 aromatic carbocycles. The van der Waals surface area contributed by atoms with Crippen molar-refractivity contribution in [2.75, 3.05) is 5.32 Å². The number of benzene rings is 2. The smallest absolute Gasteiger partial charge is 0.255 e. The van der Waals surface area contributed by atoms with Gasteiger partial charge in [0.1, 0.15) is 5.82 Å². The third kappa shape index (κ3) is 3.20. The summed E-state index contributed by atoms with van der Waals surface area (Å²) in [5.74, 6) is -0.776. The number of anilines is 1. The molecule has 19 heavy (non-hydrogen) atoms. The van der Waals surface area contributed by atoms with Gasteiger partial charge in [-0.25, -0.2) is 4.39 Å². The van der Waals surface area contributed by atoms with Crippen LogP contribution in [0.25, 0.3) is 0 Å². The van der Waals surface area contributed by atoms with Crippen LogP contribution < -0.4 is 5.32 Å². The Bertz CT molecular complexity index is 640. The van der Waals surface area contributed by atoms with E-state index in [4.69, 9.17) is 0 Å². The Hall–Kier alpha value is -1.68. The second kappa shape index (κ2) is 5.53. The van der Waals surface area contributed by atoms with Crippen LogP contribution in [0, 0.1) is 19.7 Å². The Balaban J connectivity index is 2.20. The fourth-order valence-electron chi connectivity index (χ4n) is 1.66. The third-order valence-electron chi connectivity index (χ3n) is 2.95. The summed E-state index contributed by atoms with van der Waals surface area (Å²) in [5.41, 5.74) is 3.25. The van der Waals surface area contributed by atoms with Crippen LogP contribution in [0.2, 0.25) is 0 Å². The van der Waals surface area contributed by atoms with E-state index in [-0.39, 0.29) is 5.91 Å². The summed E-state index contributed by atoms with van der Waals surface area (Å²) >= 11 is 3.06. The van der Waals surface area contributed by atoms with Crippen molar-refractivity contribution in [3.8, 4) is 0 Å². The monoisotopic (exact) mass is 321 g/mol. The first-order chi connectivity index (χ1) is 8.97. The molecule has 0 aliphatic rings. The largest absolute Gasteiger partial charge is 0.322 e. The average molecular weight is 322 g/mol. The van der Waals surface area contributed by atoms with Crippen LogP contribution in [0.4, 0.5) is 10.1 Å². The number of hydrogen-bond acceptors (Lipinski definition) is 1. The first-order valence-electron chi connectivity index (χ1n) is 5.81. The summed E-state index contributed by atoms with van der Waals surface area (Å²) < 4.78 is 13.7. The minimum Gasteiger partial charge on any atom is -0.322 e. The van der Waals surface area contributed by atoms with E-state index in [1.54, 1.807) is 6.07 Å². The first kappa shape index (κ1) is 13.7. The summed E-state index contributed by atoms with van der Waals surface area (Å²) in [6.07, 6.45) is 0. The Morgan fingerprint density at radius 1 is 1.11 bits per heavy atom. The Morgan fingerprint density at radius 3 is 2.47 bits per heavy atom. The van der Waals surface area contributed by atoms with Gasteiger partial charge in [0.25, 0.3) is 5.91 Å². The standard InChI is InChI=1S/C15H13BrFNO/c1-9-3-5-12(7-10(9)2)18-15(19)11-4-6-13(16)14(17)8-11/h3-8H,1-2H3,(H,18,19). The third-order valence-corrected chi connectivity index (χ3v) is 3.59. The van der Waals surface area contributed by atoms with Crippen LogP contribution in [0.1, 0.15) is 21.5 Å². The molecule has 0 aliphatic heterocycles. The Kier molecular flexibility index (Phi) is 4.00. The molecule has 4 heteroatoms. The van der Waals surface area contributed by atoms with E-state index in [1.165, 1.54) is 12.1 Å². The molecular formula is C15H13BrFNO. The molecule has 0 saturated heterocycles. The molecular weight excluding hydrogens is 309 g/mol. The van der Waals surface area contributed by atoms with Gasteiger partial charge < -0.3 is 5.32 Å². The minimum atomic E-state index is -0.451. The van der Waals surface area contributed by atoms with E-state index in [2.05, 4.69) is 21.2 Å². The van der Waals surface area contributed by atoms with Crippen molar-refractivity contribution in [2.24, 2.45) is 0 Å². The minimum absolute atomic E-state index is 0.291. The quantitative estimate of drug-likeness (QED) is 0.869.